The lowest BCUT2D eigenvalue weighted by Crippen LogP contribution is -2.28. The molecule has 0 unspecified atom stereocenters. The molecule has 0 aromatic heterocycles. The molecule has 3 rings (SSSR count). The molecular formula is C23H30O8. The topological polar surface area (TPSA) is 130 Å². The van der Waals surface area contributed by atoms with Crippen molar-refractivity contribution in [1.29, 1.82) is 0 Å². The van der Waals surface area contributed by atoms with Crippen LogP contribution in [0.2, 0.25) is 0 Å². The summed E-state index contributed by atoms with van der Waals surface area (Å²) in [5.41, 5.74) is 2.18. The Kier molecular flexibility index (Phi) is 7.54. The van der Waals surface area contributed by atoms with Gasteiger partial charge in [0.1, 0.15) is 5.75 Å². The molecule has 0 amide bonds. The zero-order valence-electron chi connectivity index (χ0n) is 17.7. The van der Waals surface area contributed by atoms with E-state index in [0.717, 1.165) is 30.4 Å². The zero-order chi connectivity index (χ0) is 22.5. The highest BCUT2D eigenvalue weighted by Gasteiger charge is 2.44. The van der Waals surface area contributed by atoms with Crippen molar-refractivity contribution in [3.63, 3.8) is 0 Å². The number of aliphatic hydroxyl groups is 1. The predicted molar refractivity (Wildman–Crippen MR) is 110 cm³/mol. The summed E-state index contributed by atoms with van der Waals surface area (Å²) in [4.78, 5) is 33.1. The maximum Gasteiger partial charge on any atom is 0.341 e. The van der Waals surface area contributed by atoms with E-state index in [0.29, 0.717) is 30.4 Å². The molecule has 3 N–H and O–H groups in total. The number of fused-ring (bicyclic) bond motifs is 2. The number of hydrogen-bond donors (Lipinski definition) is 3. The fourth-order valence-corrected chi connectivity index (χ4v) is 5.06. The quantitative estimate of drug-likeness (QED) is 0.479. The minimum absolute atomic E-state index is 0.0990. The monoisotopic (exact) mass is 434 g/mol. The summed E-state index contributed by atoms with van der Waals surface area (Å²) in [7, 11) is 0. The maximum atomic E-state index is 11.7. The Balaban J connectivity index is 1.58. The molecular weight excluding hydrogens is 404 g/mol. The van der Waals surface area contributed by atoms with Gasteiger partial charge in [-0.25, -0.2) is 4.79 Å². The van der Waals surface area contributed by atoms with Gasteiger partial charge in [-0.1, -0.05) is 12.1 Å². The van der Waals surface area contributed by atoms with E-state index in [9.17, 15) is 19.5 Å². The normalized spacial score (nSPS) is 25.2. The number of carboxylic acids is 2. The molecule has 1 aromatic carbocycles. The van der Waals surface area contributed by atoms with Crippen LogP contribution in [0.15, 0.2) is 18.2 Å². The first-order valence-corrected chi connectivity index (χ1v) is 10.8. The Morgan fingerprint density at radius 3 is 2.61 bits per heavy atom. The van der Waals surface area contributed by atoms with Crippen LogP contribution in [0.25, 0.3) is 0 Å². The minimum atomic E-state index is -1.03. The van der Waals surface area contributed by atoms with Crippen LogP contribution in [-0.4, -0.2) is 52.0 Å². The van der Waals surface area contributed by atoms with Crippen molar-refractivity contribution < 1.29 is 39.2 Å². The van der Waals surface area contributed by atoms with Crippen molar-refractivity contribution >= 4 is 17.9 Å². The summed E-state index contributed by atoms with van der Waals surface area (Å²) in [6, 6.07) is 5.70. The van der Waals surface area contributed by atoms with Gasteiger partial charge >= 0.3 is 17.9 Å². The van der Waals surface area contributed by atoms with E-state index in [-0.39, 0.29) is 31.5 Å². The van der Waals surface area contributed by atoms with Gasteiger partial charge in [0.2, 0.25) is 0 Å². The van der Waals surface area contributed by atoms with Gasteiger partial charge in [-0.05, 0) is 74.0 Å². The summed E-state index contributed by atoms with van der Waals surface area (Å²) in [5.74, 6) is -1.23. The van der Waals surface area contributed by atoms with Crippen LogP contribution in [0, 0.1) is 17.8 Å². The number of aliphatic hydroxyl groups excluding tert-OH is 1. The van der Waals surface area contributed by atoms with Gasteiger partial charge in [-0.3, -0.25) is 9.59 Å². The molecule has 8 nitrogen and oxygen atoms in total. The van der Waals surface area contributed by atoms with Gasteiger partial charge in [0, 0.05) is 0 Å². The molecule has 31 heavy (non-hydrogen) atoms. The van der Waals surface area contributed by atoms with Crippen LogP contribution >= 0.6 is 0 Å². The fourth-order valence-electron chi connectivity index (χ4n) is 5.06. The van der Waals surface area contributed by atoms with Crippen molar-refractivity contribution in [1.82, 2.24) is 0 Å². The molecule has 5 atom stereocenters. The lowest BCUT2D eigenvalue weighted by molar-refractivity contribution is -0.151. The number of carbonyl (C=O) groups excluding carboxylic acids is 1. The van der Waals surface area contributed by atoms with Crippen LogP contribution in [-0.2, 0) is 32.0 Å². The third kappa shape index (κ3) is 5.97. The van der Waals surface area contributed by atoms with E-state index < -0.39 is 24.0 Å². The van der Waals surface area contributed by atoms with E-state index in [2.05, 4.69) is 0 Å². The van der Waals surface area contributed by atoms with Crippen molar-refractivity contribution in [2.45, 2.75) is 64.1 Å². The smallest absolute Gasteiger partial charge is 0.341 e. The van der Waals surface area contributed by atoms with Gasteiger partial charge < -0.3 is 24.8 Å². The largest absolute Gasteiger partial charge is 0.482 e. The van der Waals surface area contributed by atoms with E-state index in [4.69, 9.17) is 19.7 Å². The van der Waals surface area contributed by atoms with Crippen molar-refractivity contribution in [3.8, 4) is 5.75 Å². The molecule has 1 aromatic rings. The van der Waals surface area contributed by atoms with Gasteiger partial charge in [-0.2, -0.15) is 0 Å². The van der Waals surface area contributed by atoms with Gasteiger partial charge in [0.05, 0.1) is 25.0 Å². The van der Waals surface area contributed by atoms with Crippen LogP contribution < -0.4 is 4.74 Å². The number of hydrogen-bond acceptors (Lipinski definition) is 6. The molecule has 0 bridgehead atoms. The third-order valence-electron chi connectivity index (χ3n) is 6.48. The lowest BCUT2D eigenvalue weighted by atomic mass is 9.73. The Morgan fingerprint density at radius 2 is 1.90 bits per heavy atom. The molecule has 1 saturated carbocycles. The Hall–Kier alpha value is -2.61. The first kappa shape index (κ1) is 23.1. The summed E-state index contributed by atoms with van der Waals surface area (Å²) < 4.78 is 10.8. The van der Waals surface area contributed by atoms with Crippen molar-refractivity contribution in [2.24, 2.45) is 17.8 Å². The SMILES string of the molecule is C[C@@H](CC[C@@H]1[C@H]2Cc3cccc(OCC(=O)O)c3C[C@H]2C[C@H]1O)OC(=O)CCC(=O)O. The Bertz CT molecular complexity index is 820. The molecule has 0 radical (unpaired) electrons. The number of benzene rings is 1. The highest BCUT2D eigenvalue weighted by atomic mass is 16.5. The van der Waals surface area contributed by atoms with Crippen molar-refractivity contribution in [3.05, 3.63) is 29.3 Å². The van der Waals surface area contributed by atoms with E-state index in [1.165, 1.54) is 0 Å². The standard InChI is InChI=1S/C23H30O8/c1-13(31-23(29)8-7-21(25)26)5-6-16-17-9-14-3-2-4-20(30-12-22(27)28)18(14)10-15(17)11-19(16)24/h2-4,13,15-17,19,24H,5-12H2,1H3,(H,25,26)(H,27,28)/t13-,15-,16+,17-,19+/m0/s1. The first-order chi connectivity index (χ1) is 14.7. The fraction of sp³-hybridized carbons (Fsp3) is 0.609. The summed E-state index contributed by atoms with van der Waals surface area (Å²) in [6.07, 6.45) is 2.44. The Labute approximate surface area is 181 Å². The molecule has 170 valence electrons. The maximum absolute atomic E-state index is 11.7. The number of carboxylic acid groups (broad SMARTS) is 2. The molecule has 0 saturated heterocycles. The number of ether oxygens (including phenoxy) is 2. The molecule has 1 fully saturated rings. The number of carbonyl (C=O) groups is 3. The van der Waals surface area contributed by atoms with Crippen molar-refractivity contribution in [2.75, 3.05) is 6.61 Å². The average molecular weight is 434 g/mol. The number of rotatable bonds is 10. The molecule has 0 aliphatic heterocycles. The van der Waals surface area contributed by atoms with Gasteiger partial charge in [0.15, 0.2) is 6.61 Å². The second-order valence-corrected chi connectivity index (χ2v) is 8.65. The molecule has 8 heteroatoms. The average Bonchev–Trinajstić information content (AvgIpc) is 3.01. The highest BCUT2D eigenvalue weighted by Crippen LogP contribution is 2.48. The number of aliphatic carboxylic acids is 2. The molecule has 2 aliphatic carbocycles. The van der Waals surface area contributed by atoms with Crippen LogP contribution in [0.4, 0.5) is 0 Å². The first-order valence-electron chi connectivity index (χ1n) is 10.8. The minimum Gasteiger partial charge on any atom is -0.482 e. The summed E-state index contributed by atoms with van der Waals surface area (Å²) >= 11 is 0. The van der Waals surface area contributed by atoms with Crippen LogP contribution in [0.1, 0.15) is 50.2 Å². The lowest BCUT2D eigenvalue weighted by Gasteiger charge is -2.32. The van der Waals surface area contributed by atoms with E-state index >= 15 is 0 Å². The Morgan fingerprint density at radius 1 is 1.13 bits per heavy atom. The molecule has 2 aliphatic rings. The second kappa shape index (κ2) is 10.1. The zero-order valence-corrected chi connectivity index (χ0v) is 17.7. The van der Waals surface area contributed by atoms with E-state index in [1.54, 1.807) is 13.0 Å². The predicted octanol–water partition coefficient (Wildman–Crippen LogP) is 2.44. The van der Waals surface area contributed by atoms with Gasteiger partial charge in [-0.15, -0.1) is 0 Å². The summed E-state index contributed by atoms with van der Waals surface area (Å²) in [6.45, 7) is 1.42. The molecule has 0 spiro atoms. The number of esters is 1. The third-order valence-corrected chi connectivity index (χ3v) is 6.48. The summed E-state index contributed by atoms with van der Waals surface area (Å²) in [5, 5.41) is 28.3. The highest BCUT2D eigenvalue weighted by molar-refractivity contribution is 5.76. The molecule has 0 heterocycles. The van der Waals surface area contributed by atoms with Crippen LogP contribution in [0.5, 0.6) is 5.75 Å². The second-order valence-electron chi connectivity index (χ2n) is 8.65. The van der Waals surface area contributed by atoms with E-state index in [1.807, 2.05) is 12.1 Å². The van der Waals surface area contributed by atoms with Crippen LogP contribution in [0.3, 0.4) is 0 Å². The van der Waals surface area contributed by atoms with Gasteiger partial charge in [0.25, 0.3) is 0 Å².